The fourth-order valence-electron chi connectivity index (χ4n) is 3.31. The van der Waals surface area contributed by atoms with Crippen LogP contribution < -0.4 is 4.74 Å². The van der Waals surface area contributed by atoms with Gasteiger partial charge in [-0.25, -0.2) is 0 Å². The zero-order chi connectivity index (χ0) is 19.4. The number of morpholine rings is 1. The van der Waals surface area contributed by atoms with Crippen molar-refractivity contribution in [3.05, 3.63) is 64.7 Å². The van der Waals surface area contributed by atoms with Crippen molar-refractivity contribution in [2.24, 2.45) is 0 Å². The van der Waals surface area contributed by atoms with E-state index in [1.807, 2.05) is 32.0 Å². The zero-order valence-corrected chi connectivity index (χ0v) is 16.2. The minimum atomic E-state index is -0.522. The highest BCUT2D eigenvalue weighted by Crippen LogP contribution is 2.35. The first-order valence-corrected chi connectivity index (χ1v) is 9.43. The number of aliphatic hydroxyl groups is 1. The molecule has 27 heavy (non-hydrogen) atoms. The number of amides is 1. The molecule has 2 aromatic rings. The maximum absolute atomic E-state index is 13.2. The monoisotopic (exact) mass is 389 g/mol. The molecule has 1 amide bonds. The van der Waals surface area contributed by atoms with Gasteiger partial charge >= 0.3 is 0 Å². The van der Waals surface area contributed by atoms with E-state index in [0.717, 1.165) is 11.3 Å². The molecule has 0 spiro atoms. The van der Waals surface area contributed by atoms with Gasteiger partial charge in [0.25, 0.3) is 5.91 Å². The summed E-state index contributed by atoms with van der Waals surface area (Å²) in [5, 5.41) is 10.3. The summed E-state index contributed by atoms with van der Waals surface area (Å²) in [6.07, 6.45) is -0.452. The quantitative estimate of drug-likeness (QED) is 0.847. The highest BCUT2D eigenvalue weighted by Gasteiger charge is 2.37. The lowest BCUT2D eigenvalue weighted by atomic mass is 9.97. The number of carbonyl (C=O) groups is 1. The van der Waals surface area contributed by atoms with Crippen LogP contribution in [0.2, 0.25) is 5.02 Å². The van der Waals surface area contributed by atoms with Crippen LogP contribution in [0, 0.1) is 0 Å². The number of halogens is 1. The van der Waals surface area contributed by atoms with Crippen LogP contribution in [0.15, 0.2) is 48.5 Å². The molecule has 2 atom stereocenters. The molecule has 0 aromatic heterocycles. The van der Waals surface area contributed by atoms with Gasteiger partial charge in [-0.1, -0.05) is 29.8 Å². The third kappa shape index (κ3) is 4.43. The van der Waals surface area contributed by atoms with Crippen LogP contribution >= 0.6 is 11.6 Å². The Hall–Kier alpha value is -2.08. The summed E-state index contributed by atoms with van der Waals surface area (Å²) >= 11 is 6.37. The summed E-state index contributed by atoms with van der Waals surface area (Å²) in [4.78, 5) is 14.9. The van der Waals surface area contributed by atoms with Crippen LogP contribution in [0.3, 0.4) is 0 Å². The Morgan fingerprint density at radius 3 is 2.59 bits per heavy atom. The smallest absolute Gasteiger partial charge is 0.254 e. The number of hydrogen-bond acceptors (Lipinski definition) is 4. The summed E-state index contributed by atoms with van der Waals surface area (Å²) < 4.78 is 11.3. The van der Waals surface area contributed by atoms with Crippen LogP contribution in [0.5, 0.6) is 5.75 Å². The molecule has 6 heteroatoms. The molecule has 0 radical (unpaired) electrons. The first-order chi connectivity index (χ1) is 13.0. The molecule has 2 aromatic carbocycles. The van der Waals surface area contributed by atoms with Gasteiger partial charge in [0, 0.05) is 17.1 Å². The van der Waals surface area contributed by atoms with E-state index in [9.17, 15) is 9.90 Å². The second-order valence-electron chi connectivity index (χ2n) is 6.75. The molecule has 3 rings (SSSR count). The molecule has 5 nitrogen and oxygen atoms in total. The summed E-state index contributed by atoms with van der Waals surface area (Å²) in [6.45, 7) is 4.51. The summed E-state index contributed by atoms with van der Waals surface area (Å²) in [5.74, 6) is 0.595. The predicted molar refractivity (Wildman–Crippen MR) is 104 cm³/mol. The van der Waals surface area contributed by atoms with Crippen molar-refractivity contribution in [3.8, 4) is 5.75 Å². The van der Waals surface area contributed by atoms with E-state index in [1.54, 1.807) is 35.2 Å². The molecule has 0 saturated carbocycles. The van der Waals surface area contributed by atoms with Gasteiger partial charge in [-0.05, 0) is 49.7 Å². The maximum atomic E-state index is 13.2. The van der Waals surface area contributed by atoms with Crippen LogP contribution in [-0.2, 0) is 4.74 Å². The van der Waals surface area contributed by atoms with Crippen molar-refractivity contribution in [2.45, 2.75) is 32.1 Å². The van der Waals surface area contributed by atoms with Crippen LogP contribution in [0.25, 0.3) is 0 Å². The molecule has 0 aliphatic carbocycles. The van der Waals surface area contributed by atoms with E-state index in [2.05, 4.69) is 0 Å². The predicted octanol–water partition coefficient (Wildman–Crippen LogP) is 3.70. The Labute approximate surface area is 164 Å². The number of nitrogens with zero attached hydrogens (tertiary/aromatic N) is 1. The zero-order valence-electron chi connectivity index (χ0n) is 15.5. The molecule has 0 bridgehead atoms. The Kier molecular flexibility index (Phi) is 6.37. The van der Waals surface area contributed by atoms with E-state index in [4.69, 9.17) is 21.1 Å². The second kappa shape index (κ2) is 8.74. The van der Waals surface area contributed by atoms with Gasteiger partial charge in [-0.2, -0.15) is 0 Å². The number of carbonyl (C=O) groups excluding carboxylic acids is 1. The largest absolute Gasteiger partial charge is 0.491 e. The highest BCUT2D eigenvalue weighted by molar-refractivity contribution is 6.31. The van der Waals surface area contributed by atoms with Crippen molar-refractivity contribution in [1.82, 2.24) is 4.90 Å². The topological polar surface area (TPSA) is 59.0 Å². The highest BCUT2D eigenvalue weighted by atomic mass is 35.5. The van der Waals surface area contributed by atoms with Gasteiger partial charge in [0.2, 0.25) is 0 Å². The number of hydrogen-bond donors (Lipinski definition) is 1. The van der Waals surface area contributed by atoms with E-state index in [1.165, 1.54) is 0 Å². The molecule has 1 aliphatic heterocycles. The third-order valence-corrected chi connectivity index (χ3v) is 4.83. The van der Waals surface area contributed by atoms with Crippen molar-refractivity contribution in [3.63, 3.8) is 0 Å². The van der Waals surface area contributed by atoms with E-state index < -0.39 is 12.1 Å². The summed E-state index contributed by atoms with van der Waals surface area (Å²) in [6, 6.07) is 14.0. The van der Waals surface area contributed by atoms with Crippen LogP contribution in [0.4, 0.5) is 0 Å². The number of rotatable bonds is 5. The van der Waals surface area contributed by atoms with Gasteiger partial charge in [0.1, 0.15) is 11.9 Å². The molecule has 1 saturated heterocycles. The number of benzene rings is 2. The van der Waals surface area contributed by atoms with Crippen LogP contribution in [0.1, 0.15) is 35.8 Å². The van der Waals surface area contributed by atoms with E-state index in [0.29, 0.717) is 23.7 Å². The summed E-state index contributed by atoms with van der Waals surface area (Å²) in [5.41, 5.74) is 1.33. The molecular weight excluding hydrogens is 366 g/mol. The standard InChI is InChI=1S/C21H24ClNO4/c1-14(2)27-16-9-7-15(8-10-16)21(25)23-11-12-26-19(13-24)20(23)17-5-3-4-6-18(17)22/h3-10,14,19-20,24H,11-13H2,1-2H3/t19-,20-/m0/s1. The van der Waals surface area contributed by atoms with E-state index in [-0.39, 0.29) is 18.6 Å². The normalized spacial score (nSPS) is 20.0. The van der Waals surface area contributed by atoms with Crippen molar-refractivity contribution in [1.29, 1.82) is 0 Å². The SMILES string of the molecule is CC(C)Oc1ccc(C(=O)N2CCO[C@@H](CO)[C@@H]2c2ccccc2Cl)cc1. The third-order valence-electron chi connectivity index (χ3n) is 4.49. The molecule has 0 unspecified atom stereocenters. The lowest BCUT2D eigenvalue weighted by Crippen LogP contribution is -2.49. The first kappa shape index (κ1) is 19.7. The molecule has 1 aliphatic rings. The Bertz CT molecular complexity index is 778. The second-order valence-corrected chi connectivity index (χ2v) is 7.15. The Morgan fingerprint density at radius 1 is 1.26 bits per heavy atom. The summed E-state index contributed by atoms with van der Waals surface area (Å²) in [7, 11) is 0. The maximum Gasteiger partial charge on any atom is 0.254 e. The van der Waals surface area contributed by atoms with Crippen LogP contribution in [-0.4, -0.2) is 47.9 Å². The van der Waals surface area contributed by atoms with Crippen molar-refractivity contribution in [2.75, 3.05) is 19.8 Å². The molecule has 1 heterocycles. The van der Waals surface area contributed by atoms with Gasteiger partial charge in [0.15, 0.2) is 0 Å². The lowest BCUT2D eigenvalue weighted by molar-refractivity contribution is -0.0811. The average molecular weight is 390 g/mol. The van der Waals surface area contributed by atoms with Gasteiger partial charge < -0.3 is 19.5 Å². The number of ether oxygens (including phenoxy) is 2. The van der Waals surface area contributed by atoms with Gasteiger partial charge in [0.05, 0.1) is 25.4 Å². The number of aliphatic hydroxyl groups excluding tert-OH is 1. The Morgan fingerprint density at radius 2 is 1.96 bits per heavy atom. The molecule has 1 N–H and O–H groups in total. The molecule has 1 fully saturated rings. The van der Waals surface area contributed by atoms with Gasteiger partial charge in [-0.3, -0.25) is 4.79 Å². The van der Waals surface area contributed by atoms with E-state index >= 15 is 0 Å². The molecular formula is C21H24ClNO4. The Balaban J connectivity index is 1.90. The van der Waals surface area contributed by atoms with Gasteiger partial charge in [-0.15, -0.1) is 0 Å². The molecule has 144 valence electrons. The fraction of sp³-hybridized carbons (Fsp3) is 0.381. The average Bonchev–Trinajstić information content (AvgIpc) is 2.67. The van der Waals surface area contributed by atoms with Crippen molar-refractivity contribution < 1.29 is 19.4 Å². The van der Waals surface area contributed by atoms with Crippen molar-refractivity contribution >= 4 is 17.5 Å². The first-order valence-electron chi connectivity index (χ1n) is 9.06. The minimum absolute atomic E-state index is 0.0701. The minimum Gasteiger partial charge on any atom is -0.491 e. The fourth-order valence-corrected chi connectivity index (χ4v) is 3.56. The lowest BCUT2D eigenvalue weighted by Gasteiger charge is -2.41.